The van der Waals surface area contributed by atoms with Gasteiger partial charge < -0.3 is 10.2 Å². The average Bonchev–Trinajstić information content (AvgIpc) is 3.09. The smallest absolute Gasteiger partial charge is 0.205 e. The average molecular weight is 265 g/mol. The molecule has 18 heavy (non-hydrogen) atoms. The molecule has 4 rings (SSSR count). The normalized spacial score (nSPS) is 26.3. The van der Waals surface area contributed by atoms with Crippen molar-refractivity contribution in [1.29, 1.82) is 0 Å². The van der Waals surface area contributed by atoms with Gasteiger partial charge in [0.15, 0.2) is 0 Å². The zero-order chi connectivity index (χ0) is 11.9. The molecule has 1 saturated carbocycles. The van der Waals surface area contributed by atoms with Crippen LogP contribution in [-0.2, 0) is 0 Å². The molecular formula is C12H19N5S. The van der Waals surface area contributed by atoms with Crippen molar-refractivity contribution in [2.24, 2.45) is 0 Å². The summed E-state index contributed by atoms with van der Waals surface area (Å²) in [6.07, 6.45) is 2.58. The maximum Gasteiger partial charge on any atom is 0.205 e. The molecule has 0 spiro atoms. The van der Waals surface area contributed by atoms with Crippen molar-refractivity contribution < 1.29 is 0 Å². The molecule has 1 aromatic rings. The summed E-state index contributed by atoms with van der Waals surface area (Å²) in [5.74, 6) is 1.78. The quantitative estimate of drug-likeness (QED) is 0.863. The molecule has 1 aliphatic carbocycles. The summed E-state index contributed by atoms with van der Waals surface area (Å²) in [4.78, 5) is 9.67. The molecule has 2 saturated heterocycles. The van der Waals surface area contributed by atoms with E-state index in [0.717, 1.165) is 43.2 Å². The van der Waals surface area contributed by atoms with Crippen LogP contribution in [0.2, 0.25) is 0 Å². The molecule has 0 aromatic carbocycles. The predicted octanol–water partition coefficient (Wildman–Crippen LogP) is 0.509. The van der Waals surface area contributed by atoms with Crippen LogP contribution in [0.5, 0.6) is 0 Å². The van der Waals surface area contributed by atoms with Crippen LogP contribution in [0.3, 0.4) is 0 Å². The van der Waals surface area contributed by atoms with E-state index in [1.165, 1.54) is 25.9 Å². The molecule has 0 unspecified atom stereocenters. The lowest BCUT2D eigenvalue weighted by atomic mass is 10.1. The highest BCUT2D eigenvalue weighted by Crippen LogP contribution is 2.40. The van der Waals surface area contributed by atoms with E-state index in [0.29, 0.717) is 5.92 Å². The van der Waals surface area contributed by atoms with Gasteiger partial charge in [-0.1, -0.05) is 0 Å². The maximum atomic E-state index is 4.68. The van der Waals surface area contributed by atoms with Crippen molar-refractivity contribution in [3.63, 3.8) is 0 Å². The molecule has 0 radical (unpaired) electrons. The molecule has 2 aliphatic heterocycles. The van der Waals surface area contributed by atoms with Crippen molar-refractivity contribution in [3.05, 3.63) is 5.82 Å². The molecule has 5 nitrogen and oxygen atoms in total. The lowest BCUT2D eigenvalue weighted by Gasteiger charge is -2.46. The summed E-state index contributed by atoms with van der Waals surface area (Å²) in [5.41, 5.74) is 0. The molecule has 98 valence electrons. The van der Waals surface area contributed by atoms with Crippen LogP contribution in [0, 0.1) is 0 Å². The molecule has 3 aliphatic rings. The van der Waals surface area contributed by atoms with E-state index in [9.17, 15) is 0 Å². The van der Waals surface area contributed by atoms with E-state index in [1.54, 1.807) is 11.5 Å². The van der Waals surface area contributed by atoms with Crippen LogP contribution < -0.4 is 10.2 Å². The van der Waals surface area contributed by atoms with Gasteiger partial charge in [-0.05, 0) is 12.8 Å². The molecule has 1 aromatic heterocycles. The summed E-state index contributed by atoms with van der Waals surface area (Å²) < 4.78 is 4.48. The number of rotatable bonds is 3. The Labute approximate surface area is 111 Å². The number of anilines is 1. The first-order chi connectivity index (χ1) is 8.90. The van der Waals surface area contributed by atoms with Crippen molar-refractivity contribution in [2.45, 2.75) is 24.8 Å². The molecule has 1 N–H and O–H groups in total. The van der Waals surface area contributed by atoms with E-state index in [4.69, 9.17) is 0 Å². The Bertz CT molecular complexity index is 418. The van der Waals surface area contributed by atoms with Crippen LogP contribution in [0.4, 0.5) is 5.13 Å². The van der Waals surface area contributed by atoms with Crippen molar-refractivity contribution >= 4 is 16.7 Å². The first kappa shape index (κ1) is 11.1. The van der Waals surface area contributed by atoms with E-state index in [2.05, 4.69) is 24.5 Å². The second-order valence-corrected chi connectivity index (χ2v) is 6.28. The molecule has 3 heterocycles. The van der Waals surface area contributed by atoms with Crippen molar-refractivity contribution in [2.75, 3.05) is 44.2 Å². The number of aromatic nitrogens is 2. The van der Waals surface area contributed by atoms with Crippen LogP contribution in [0.15, 0.2) is 0 Å². The van der Waals surface area contributed by atoms with Gasteiger partial charge in [0.05, 0.1) is 0 Å². The number of hydrogen-bond donors (Lipinski definition) is 1. The van der Waals surface area contributed by atoms with Gasteiger partial charge in [-0.3, -0.25) is 4.90 Å². The fraction of sp³-hybridized carbons (Fsp3) is 0.833. The van der Waals surface area contributed by atoms with Crippen molar-refractivity contribution in [3.8, 4) is 0 Å². The van der Waals surface area contributed by atoms with Gasteiger partial charge in [-0.15, -0.1) is 0 Å². The van der Waals surface area contributed by atoms with Crippen LogP contribution >= 0.6 is 11.5 Å². The van der Waals surface area contributed by atoms with Gasteiger partial charge in [0.2, 0.25) is 5.13 Å². The third kappa shape index (κ3) is 2.02. The van der Waals surface area contributed by atoms with E-state index in [-0.39, 0.29) is 0 Å². The minimum atomic E-state index is 0.681. The number of nitrogens with zero attached hydrogens (tertiary/aromatic N) is 4. The zero-order valence-corrected chi connectivity index (χ0v) is 11.3. The Morgan fingerprint density at radius 3 is 2.67 bits per heavy atom. The highest BCUT2D eigenvalue weighted by molar-refractivity contribution is 7.09. The van der Waals surface area contributed by atoms with Gasteiger partial charge >= 0.3 is 0 Å². The summed E-state index contributed by atoms with van der Waals surface area (Å²) in [6, 6.07) is 0.736. The Morgan fingerprint density at radius 2 is 1.94 bits per heavy atom. The highest BCUT2D eigenvalue weighted by atomic mass is 32.1. The molecular weight excluding hydrogens is 246 g/mol. The van der Waals surface area contributed by atoms with E-state index < -0.39 is 0 Å². The number of nitrogens with one attached hydrogen (secondary N) is 1. The Kier molecular flexibility index (Phi) is 2.74. The third-order valence-corrected chi connectivity index (χ3v) is 4.97. The van der Waals surface area contributed by atoms with Gasteiger partial charge in [-0.25, -0.2) is 4.98 Å². The lowest BCUT2D eigenvalue weighted by molar-refractivity contribution is 0.147. The predicted molar refractivity (Wildman–Crippen MR) is 72.3 cm³/mol. The highest BCUT2D eigenvalue weighted by Gasteiger charge is 2.35. The molecule has 0 atom stereocenters. The van der Waals surface area contributed by atoms with E-state index in [1.807, 2.05) is 0 Å². The largest absolute Gasteiger partial charge is 0.344 e. The molecule has 0 amide bonds. The van der Waals surface area contributed by atoms with Crippen LogP contribution in [0.25, 0.3) is 0 Å². The summed E-state index contributed by atoms with van der Waals surface area (Å²) in [6.45, 7) is 6.95. The minimum absolute atomic E-state index is 0.681. The topological polar surface area (TPSA) is 44.3 Å². The van der Waals surface area contributed by atoms with E-state index >= 15 is 0 Å². The second-order valence-electron chi connectivity index (χ2n) is 5.55. The van der Waals surface area contributed by atoms with Gasteiger partial charge in [0, 0.05) is 62.8 Å². The van der Waals surface area contributed by atoms with Crippen LogP contribution in [0.1, 0.15) is 24.6 Å². The van der Waals surface area contributed by atoms with Gasteiger partial charge in [0.1, 0.15) is 5.82 Å². The van der Waals surface area contributed by atoms with Gasteiger partial charge in [0.25, 0.3) is 0 Å². The van der Waals surface area contributed by atoms with Gasteiger partial charge in [-0.2, -0.15) is 4.37 Å². The monoisotopic (exact) mass is 265 g/mol. The zero-order valence-electron chi connectivity index (χ0n) is 10.5. The SMILES string of the molecule is C1CN(C2CN(c3nc(C4CC4)ns3)C2)CCN1. The summed E-state index contributed by atoms with van der Waals surface area (Å²) >= 11 is 1.58. The fourth-order valence-electron chi connectivity index (χ4n) is 2.75. The first-order valence-corrected chi connectivity index (χ1v) is 7.71. The van der Waals surface area contributed by atoms with Crippen LogP contribution in [-0.4, -0.2) is 59.6 Å². The second kappa shape index (κ2) is 4.43. The minimum Gasteiger partial charge on any atom is -0.344 e. The Hall–Kier alpha value is -0.720. The summed E-state index contributed by atoms with van der Waals surface area (Å²) in [7, 11) is 0. The molecule has 6 heteroatoms. The first-order valence-electron chi connectivity index (χ1n) is 6.93. The van der Waals surface area contributed by atoms with Crippen molar-refractivity contribution in [1.82, 2.24) is 19.6 Å². The Balaban J connectivity index is 1.34. The lowest BCUT2D eigenvalue weighted by Crippen LogP contribution is -2.62. The standard InChI is InChI=1S/C12H19N5S/c1-2-9(1)11-14-12(18-15-11)17-7-10(8-17)16-5-3-13-4-6-16/h9-10,13H,1-8H2. The molecule has 0 bridgehead atoms. The maximum absolute atomic E-state index is 4.68. The summed E-state index contributed by atoms with van der Waals surface area (Å²) in [5, 5.41) is 4.55. The third-order valence-electron chi connectivity index (χ3n) is 4.17. The number of hydrogen-bond acceptors (Lipinski definition) is 6. The molecule has 3 fully saturated rings. The number of piperazine rings is 1. The Morgan fingerprint density at radius 1 is 1.17 bits per heavy atom. The fourth-order valence-corrected chi connectivity index (χ4v) is 3.52.